The van der Waals surface area contributed by atoms with Crippen molar-refractivity contribution in [2.75, 3.05) is 19.0 Å². The first-order valence-corrected chi connectivity index (χ1v) is 6.88. The predicted octanol–water partition coefficient (Wildman–Crippen LogP) is 2.38. The molecule has 0 saturated heterocycles. The van der Waals surface area contributed by atoms with Crippen LogP contribution in [0.3, 0.4) is 0 Å². The van der Waals surface area contributed by atoms with Gasteiger partial charge in [-0.1, -0.05) is 25.3 Å². The molecule has 4 heteroatoms. The maximum absolute atomic E-state index is 5.48. The average Bonchev–Trinajstić information content (AvgIpc) is 2.40. The summed E-state index contributed by atoms with van der Waals surface area (Å²) in [7, 11) is 2.18. The summed E-state index contributed by atoms with van der Waals surface area (Å²) in [5.74, 6) is 7.13. The van der Waals surface area contributed by atoms with Crippen LogP contribution in [-0.4, -0.2) is 23.5 Å². The van der Waals surface area contributed by atoms with Crippen LogP contribution in [0.15, 0.2) is 18.3 Å². The van der Waals surface area contributed by atoms with Crippen LogP contribution in [0.1, 0.15) is 37.7 Å². The molecule has 3 N–H and O–H groups in total. The number of hydrazine groups is 1. The Balaban J connectivity index is 1.87. The van der Waals surface area contributed by atoms with Gasteiger partial charge in [0.1, 0.15) is 5.82 Å². The van der Waals surface area contributed by atoms with Gasteiger partial charge in [0.15, 0.2) is 0 Å². The fourth-order valence-corrected chi connectivity index (χ4v) is 2.86. The molecule has 0 aliphatic heterocycles. The Hall–Kier alpha value is -1.13. The molecule has 4 nitrogen and oxygen atoms in total. The Morgan fingerprint density at radius 1 is 1.39 bits per heavy atom. The van der Waals surface area contributed by atoms with Gasteiger partial charge in [0.2, 0.25) is 0 Å². The van der Waals surface area contributed by atoms with Crippen LogP contribution < -0.4 is 11.3 Å². The molecule has 1 aromatic heterocycles. The molecule has 18 heavy (non-hydrogen) atoms. The Kier molecular flexibility index (Phi) is 4.96. The number of nitrogens with one attached hydrogen (secondary N) is 1. The number of aromatic nitrogens is 1. The topological polar surface area (TPSA) is 54.2 Å². The zero-order valence-corrected chi connectivity index (χ0v) is 11.2. The van der Waals surface area contributed by atoms with E-state index in [2.05, 4.69) is 28.4 Å². The molecule has 0 unspecified atom stereocenters. The third-order valence-electron chi connectivity index (χ3n) is 3.76. The summed E-state index contributed by atoms with van der Waals surface area (Å²) in [4.78, 5) is 6.62. The zero-order chi connectivity index (χ0) is 12.8. The predicted molar refractivity (Wildman–Crippen MR) is 75.0 cm³/mol. The van der Waals surface area contributed by atoms with Crippen LogP contribution in [0, 0.1) is 5.92 Å². The van der Waals surface area contributed by atoms with Gasteiger partial charge in [0.25, 0.3) is 0 Å². The summed E-state index contributed by atoms with van der Waals surface area (Å²) < 4.78 is 0. The molecule has 0 aromatic carbocycles. The molecule has 1 aromatic rings. The SMILES string of the molecule is CN(Cc1cccnc1NN)CC1CCCCC1. The van der Waals surface area contributed by atoms with E-state index in [9.17, 15) is 0 Å². The third-order valence-corrected chi connectivity index (χ3v) is 3.76. The molecule has 0 spiro atoms. The van der Waals surface area contributed by atoms with Gasteiger partial charge in [-0.15, -0.1) is 0 Å². The number of hydrogen-bond donors (Lipinski definition) is 2. The maximum Gasteiger partial charge on any atom is 0.144 e. The minimum Gasteiger partial charge on any atom is -0.308 e. The quantitative estimate of drug-likeness (QED) is 0.620. The van der Waals surface area contributed by atoms with Gasteiger partial charge in [0, 0.05) is 24.8 Å². The van der Waals surface area contributed by atoms with Crippen LogP contribution in [0.2, 0.25) is 0 Å². The smallest absolute Gasteiger partial charge is 0.144 e. The summed E-state index contributed by atoms with van der Waals surface area (Å²) in [6.45, 7) is 2.09. The fraction of sp³-hybridized carbons (Fsp3) is 0.643. The molecule has 1 aliphatic carbocycles. The highest BCUT2D eigenvalue weighted by molar-refractivity contribution is 5.42. The third kappa shape index (κ3) is 3.68. The van der Waals surface area contributed by atoms with Crippen molar-refractivity contribution in [3.63, 3.8) is 0 Å². The molecule has 1 heterocycles. The van der Waals surface area contributed by atoms with Crippen molar-refractivity contribution in [3.05, 3.63) is 23.9 Å². The molecule has 0 bridgehead atoms. The lowest BCUT2D eigenvalue weighted by atomic mass is 9.89. The molecular weight excluding hydrogens is 224 g/mol. The van der Waals surface area contributed by atoms with Gasteiger partial charge in [-0.25, -0.2) is 10.8 Å². The van der Waals surface area contributed by atoms with E-state index in [-0.39, 0.29) is 0 Å². The summed E-state index contributed by atoms with van der Waals surface area (Å²) in [5, 5.41) is 0. The molecule has 1 saturated carbocycles. The van der Waals surface area contributed by atoms with Crippen molar-refractivity contribution in [3.8, 4) is 0 Å². The van der Waals surface area contributed by atoms with Crippen LogP contribution in [0.25, 0.3) is 0 Å². The first-order chi connectivity index (χ1) is 8.79. The van der Waals surface area contributed by atoms with Gasteiger partial charge in [0.05, 0.1) is 0 Å². The van der Waals surface area contributed by atoms with E-state index < -0.39 is 0 Å². The number of nitrogens with two attached hydrogens (primary N) is 1. The normalized spacial score (nSPS) is 17.1. The van der Waals surface area contributed by atoms with Crippen LogP contribution >= 0.6 is 0 Å². The molecule has 0 amide bonds. The first kappa shape index (κ1) is 13.3. The second kappa shape index (κ2) is 6.71. The lowest BCUT2D eigenvalue weighted by Gasteiger charge is -2.27. The highest BCUT2D eigenvalue weighted by atomic mass is 15.3. The second-order valence-electron chi connectivity index (χ2n) is 5.36. The highest BCUT2D eigenvalue weighted by Crippen LogP contribution is 2.24. The molecule has 1 fully saturated rings. The summed E-state index contributed by atoms with van der Waals surface area (Å²) in [6.07, 6.45) is 8.77. The summed E-state index contributed by atoms with van der Waals surface area (Å²) in [5.41, 5.74) is 3.83. The van der Waals surface area contributed by atoms with Crippen molar-refractivity contribution in [1.82, 2.24) is 9.88 Å². The largest absolute Gasteiger partial charge is 0.308 e. The monoisotopic (exact) mass is 248 g/mol. The number of nitrogens with zero attached hydrogens (tertiary/aromatic N) is 2. The van der Waals surface area contributed by atoms with Crippen LogP contribution in [0.5, 0.6) is 0 Å². The van der Waals surface area contributed by atoms with E-state index in [4.69, 9.17) is 5.84 Å². The average molecular weight is 248 g/mol. The lowest BCUT2D eigenvalue weighted by molar-refractivity contribution is 0.228. The van der Waals surface area contributed by atoms with Crippen molar-refractivity contribution in [2.24, 2.45) is 11.8 Å². The van der Waals surface area contributed by atoms with E-state index in [1.165, 1.54) is 44.2 Å². The van der Waals surface area contributed by atoms with Gasteiger partial charge in [-0.2, -0.15) is 0 Å². The van der Waals surface area contributed by atoms with Crippen LogP contribution in [-0.2, 0) is 6.54 Å². The molecule has 1 aliphatic rings. The number of nitrogen functional groups attached to an aromatic ring is 1. The zero-order valence-electron chi connectivity index (χ0n) is 11.2. The van der Waals surface area contributed by atoms with E-state index in [1.807, 2.05) is 6.07 Å². The van der Waals surface area contributed by atoms with Gasteiger partial charge < -0.3 is 10.3 Å². The van der Waals surface area contributed by atoms with Gasteiger partial charge in [-0.3, -0.25) is 0 Å². The molecule has 2 rings (SSSR count). The van der Waals surface area contributed by atoms with Crippen molar-refractivity contribution >= 4 is 5.82 Å². The number of hydrogen-bond acceptors (Lipinski definition) is 4. The van der Waals surface area contributed by atoms with E-state index in [1.54, 1.807) is 6.20 Å². The minimum absolute atomic E-state index is 0.785. The van der Waals surface area contributed by atoms with E-state index >= 15 is 0 Å². The Morgan fingerprint density at radius 3 is 2.89 bits per heavy atom. The molecular formula is C14H24N4. The standard InChI is InChI=1S/C14H24N4/c1-18(10-12-6-3-2-4-7-12)11-13-8-5-9-16-14(13)17-15/h5,8-9,12H,2-4,6-7,10-11,15H2,1H3,(H,16,17). The number of rotatable bonds is 5. The van der Waals surface area contributed by atoms with Crippen molar-refractivity contribution in [1.29, 1.82) is 0 Å². The molecule has 100 valence electrons. The second-order valence-corrected chi connectivity index (χ2v) is 5.36. The lowest BCUT2D eigenvalue weighted by Crippen LogP contribution is -2.27. The Bertz CT molecular complexity index is 361. The summed E-state index contributed by atoms with van der Waals surface area (Å²) >= 11 is 0. The first-order valence-electron chi connectivity index (χ1n) is 6.88. The van der Waals surface area contributed by atoms with Crippen molar-refractivity contribution in [2.45, 2.75) is 38.6 Å². The number of pyridine rings is 1. The van der Waals surface area contributed by atoms with Crippen molar-refractivity contribution < 1.29 is 0 Å². The Labute approximate surface area is 110 Å². The molecule has 0 atom stereocenters. The van der Waals surface area contributed by atoms with E-state index in [0.29, 0.717) is 0 Å². The fourth-order valence-electron chi connectivity index (χ4n) is 2.86. The molecule has 0 radical (unpaired) electrons. The number of anilines is 1. The maximum atomic E-state index is 5.48. The highest BCUT2D eigenvalue weighted by Gasteiger charge is 2.16. The Morgan fingerprint density at radius 2 is 2.17 bits per heavy atom. The van der Waals surface area contributed by atoms with E-state index in [0.717, 1.165) is 18.3 Å². The van der Waals surface area contributed by atoms with Crippen LogP contribution in [0.4, 0.5) is 5.82 Å². The van der Waals surface area contributed by atoms with Gasteiger partial charge in [-0.05, 0) is 31.9 Å². The summed E-state index contributed by atoms with van der Waals surface area (Å²) in [6, 6.07) is 4.05. The van der Waals surface area contributed by atoms with Gasteiger partial charge >= 0.3 is 0 Å². The minimum atomic E-state index is 0.785.